The van der Waals surface area contributed by atoms with Gasteiger partial charge >= 0.3 is 0 Å². The number of benzene rings is 1. The van der Waals surface area contributed by atoms with Gasteiger partial charge in [-0.15, -0.1) is 10.2 Å². The van der Waals surface area contributed by atoms with E-state index in [1.165, 1.54) is 29.2 Å². The quantitative estimate of drug-likeness (QED) is 0.659. The van der Waals surface area contributed by atoms with E-state index < -0.39 is 0 Å². The fourth-order valence-electron chi connectivity index (χ4n) is 3.44. The van der Waals surface area contributed by atoms with E-state index in [-0.39, 0.29) is 11.5 Å². The van der Waals surface area contributed by atoms with Crippen LogP contribution in [0.2, 0.25) is 0 Å². The summed E-state index contributed by atoms with van der Waals surface area (Å²) < 4.78 is 3.35. The molecule has 0 bridgehead atoms. The van der Waals surface area contributed by atoms with Crippen molar-refractivity contribution < 1.29 is 4.79 Å². The van der Waals surface area contributed by atoms with Crippen molar-refractivity contribution >= 4 is 34.3 Å². The number of nitrogens with zero attached hydrogens (tertiary/aromatic N) is 5. The number of fused-ring (bicyclic) bond motifs is 3. The Bertz CT molecular complexity index is 1020. The molecule has 0 unspecified atom stereocenters. The maximum Gasteiger partial charge on any atom is 0.262 e. The predicted molar refractivity (Wildman–Crippen MR) is 102 cm³/mol. The molecule has 1 amide bonds. The molecule has 1 aliphatic rings. The summed E-state index contributed by atoms with van der Waals surface area (Å²) in [7, 11) is 1.69. The molecule has 136 valence electrons. The third-order valence-corrected chi connectivity index (χ3v) is 5.79. The first-order valence-electron chi connectivity index (χ1n) is 8.90. The minimum absolute atomic E-state index is 0.0994. The molecular weight excluding hydrogens is 350 g/mol. The van der Waals surface area contributed by atoms with Gasteiger partial charge in [0.1, 0.15) is 0 Å². The molecule has 0 atom stereocenters. The summed E-state index contributed by atoms with van der Waals surface area (Å²) in [5, 5.41) is 9.64. The second-order valence-corrected chi connectivity index (χ2v) is 7.53. The van der Waals surface area contributed by atoms with Crippen LogP contribution in [0.3, 0.4) is 0 Å². The van der Waals surface area contributed by atoms with Crippen LogP contribution >= 0.6 is 11.8 Å². The standard InChI is InChI=1S/C18H21N5O2S/c1-21-16(25)13-8-4-5-9-14(13)23-17(21)19-20-18(23)26-12-15(24)22-10-6-2-3-7-11-22/h4-5,8-9H,2-3,6-7,10-12H2,1H3. The lowest BCUT2D eigenvalue weighted by atomic mass is 10.2. The van der Waals surface area contributed by atoms with Crippen molar-refractivity contribution in [2.75, 3.05) is 18.8 Å². The summed E-state index contributed by atoms with van der Waals surface area (Å²) in [6.45, 7) is 1.69. The van der Waals surface area contributed by atoms with E-state index in [0.717, 1.165) is 31.4 Å². The van der Waals surface area contributed by atoms with Crippen LogP contribution in [0.25, 0.3) is 16.7 Å². The number of aromatic nitrogens is 4. The molecule has 1 aliphatic heterocycles. The topological polar surface area (TPSA) is 72.5 Å². The highest BCUT2D eigenvalue weighted by atomic mass is 32.2. The van der Waals surface area contributed by atoms with Crippen LogP contribution in [0.15, 0.2) is 34.2 Å². The van der Waals surface area contributed by atoms with Gasteiger partial charge in [0.2, 0.25) is 11.7 Å². The Labute approximate surface area is 155 Å². The van der Waals surface area contributed by atoms with Crippen LogP contribution in [-0.2, 0) is 11.8 Å². The predicted octanol–water partition coefficient (Wildman–Crippen LogP) is 2.08. The molecule has 0 aliphatic carbocycles. The molecule has 0 N–H and O–H groups in total. The number of carbonyl (C=O) groups excluding carboxylic acids is 1. The zero-order valence-corrected chi connectivity index (χ0v) is 15.5. The molecule has 3 aromatic rings. The molecule has 26 heavy (non-hydrogen) atoms. The van der Waals surface area contributed by atoms with E-state index in [1.807, 2.05) is 27.5 Å². The summed E-state index contributed by atoms with van der Waals surface area (Å²) >= 11 is 1.38. The largest absolute Gasteiger partial charge is 0.342 e. The van der Waals surface area contributed by atoms with E-state index in [9.17, 15) is 9.59 Å². The number of amides is 1. The highest BCUT2D eigenvalue weighted by Gasteiger charge is 2.19. The number of rotatable bonds is 3. The van der Waals surface area contributed by atoms with Crippen LogP contribution in [0.1, 0.15) is 25.7 Å². The summed E-state index contributed by atoms with van der Waals surface area (Å²) in [6, 6.07) is 7.41. The molecule has 8 heteroatoms. The second kappa shape index (κ2) is 7.11. The first-order chi connectivity index (χ1) is 12.7. The van der Waals surface area contributed by atoms with Gasteiger partial charge in [-0.1, -0.05) is 36.7 Å². The maximum atomic E-state index is 12.6. The van der Waals surface area contributed by atoms with Gasteiger partial charge in [0.25, 0.3) is 5.56 Å². The zero-order chi connectivity index (χ0) is 18.1. The van der Waals surface area contributed by atoms with Gasteiger partial charge in [0.15, 0.2) is 5.16 Å². The minimum atomic E-state index is -0.0994. The smallest absolute Gasteiger partial charge is 0.262 e. The Morgan fingerprint density at radius 1 is 1.12 bits per heavy atom. The number of aryl methyl sites for hydroxylation is 1. The van der Waals surface area contributed by atoms with E-state index in [4.69, 9.17) is 0 Å². The van der Waals surface area contributed by atoms with Gasteiger partial charge in [0.05, 0.1) is 16.7 Å². The van der Waals surface area contributed by atoms with Crippen LogP contribution < -0.4 is 5.56 Å². The Balaban J connectivity index is 1.65. The van der Waals surface area contributed by atoms with Crippen LogP contribution in [0.4, 0.5) is 0 Å². The highest BCUT2D eigenvalue weighted by molar-refractivity contribution is 7.99. The number of thioether (sulfide) groups is 1. The number of likely N-dealkylation sites (tertiary alicyclic amines) is 1. The summed E-state index contributed by atoms with van der Waals surface area (Å²) in [5.41, 5.74) is 0.665. The molecule has 1 fully saturated rings. The first-order valence-corrected chi connectivity index (χ1v) is 9.89. The van der Waals surface area contributed by atoms with Gasteiger partial charge < -0.3 is 4.90 Å². The van der Waals surface area contributed by atoms with Crippen LogP contribution in [0.5, 0.6) is 0 Å². The molecular formula is C18H21N5O2S. The van der Waals surface area contributed by atoms with E-state index >= 15 is 0 Å². The summed E-state index contributed by atoms with van der Waals surface area (Å²) in [5.74, 6) is 0.957. The average Bonchev–Trinajstić information content (AvgIpc) is 2.89. The van der Waals surface area contributed by atoms with Crippen LogP contribution in [0, 0.1) is 0 Å². The molecule has 0 spiro atoms. The summed E-state index contributed by atoms with van der Waals surface area (Å²) in [4.78, 5) is 27.0. The Hall–Kier alpha value is -2.35. The van der Waals surface area contributed by atoms with Crippen molar-refractivity contribution in [1.82, 2.24) is 24.1 Å². The van der Waals surface area contributed by atoms with E-state index in [1.54, 1.807) is 13.1 Å². The number of para-hydroxylation sites is 1. The fourth-order valence-corrected chi connectivity index (χ4v) is 4.29. The fraction of sp³-hybridized carbons (Fsp3) is 0.444. The van der Waals surface area contributed by atoms with Gasteiger partial charge in [-0.2, -0.15) is 0 Å². The third-order valence-electron chi connectivity index (χ3n) is 4.88. The molecule has 2 aromatic heterocycles. The lowest BCUT2D eigenvalue weighted by molar-refractivity contribution is -0.128. The third kappa shape index (κ3) is 2.98. The molecule has 0 radical (unpaired) electrons. The monoisotopic (exact) mass is 371 g/mol. The molecule has 4 rings (SSSR count). The van der Waals surface area contributed by atoms with Gasteiger partial charge in [-0.05, 0) is 25.0 Å². The van der Waals surface area contributed by atoms with E-state index in [2.05, 4.69) is 10.2 Å². The number of hydrogen-bond donors (Lipinski definition) is 0. The number of hydrogen-bond acceptors (Lipinski definition) is 5. The molecule has 1 aromatic carbocycles. The van der Waals surface area contributed by atoms with Crippen LogP contribution in [-0.4, -0.2) is 48.8 Å². The van der Waals surface area contributed by atoms with Crippen molar-refractivity contribution in [3.8, 4) is 0 Å². The van der Waals surface area contributed by atoms with Crippen molar-refractivity contribution in [3.63, 3.8) is 0 Å². The molecule has 7 nitrogen and oxygen atoms in total. The highest BCUT2D eigenvalue weighted by Crippen LogP contribution is 2.22. The van der Waals surface area contributed by atoms with Gasteiger partial charge in [-0.25, -0.2) is 0 Å². The lowest BCUT2D eigenvalue weighted by Gasteiger charge is -2.19. The van der Waals surface area contributed by atoms with Gasteiger partial charge in [0, 0.05) is 20.1 Å². The van der Waals surface area contributed by atoms with Crippen molar-refractivity contribution in [2.24, 2.45) is 7.05 Å². The van der Waals surface area contributed by atoms with E-state index in [0.29, 0.717) is 22.1 Å². The van der Waals surface area contributed by atoms with Crippen molar-refractivity contribution in [2.45, 2.75) is 30.8 Å². The lowest BCUT2D eigenvalue weighted by Crippen LogP contribution is -2.33. The van der Waals surface area contributed by atoms with Gasteiger partial charge in [-0.3, -0.25) is 18.6 Å². The second-order valence-electron chi connectivity index (χ2n) is 6.58. The maximum absolute atomic E-state index is 12.6. The molecule has 1 saturated heterocycles. The zero-order valence-electron chi connectivity index (χ0n) is 14.7. The normalized spacial score (nSPS) is 15.5. The molecule has 0 saturated carbocycles. The first kappa shape index (κ1) is 17.1. The summed E-state index contributed by atoms with van der Waals surface area (Å²) in [6.07, 6.45) is 4.56. The SMILES string of the molecule is Cn1c(=O)c2ccccc2n2c(SCC(=O)N3CCCCCC3)nnc12. The average molecular weight is 371 g/mol. The Kier molecular flexibility index (Phi) is 4.67. The Morgan fingerprint density at radius 2 is 1.85 bits per heavy atom. The molecule has 3 heterocycles. The van der Waals surface area contributed by atoms with Crippen molar-refractivity contribution in [3.05, 3.63) is 34.6 Å². The Morgan fingerprint density at radius 3 is 2.62 bits per heavy atom. The minimum Gasteiger partial charge on any atom is -0.342 e. The number of carbonyl (C=O) groups is 1. The van der Waals surface area contributed by atoms with Crippen molar-refractivity contribution in [1.29, 1.82) is 0 Å².